The average Bonchev–Trinajstić information content (AvgIpc) is 2.29. The second-order valence-corrected chi connectivity index (χ2v) is 3.65. The second kappa shape index (κ2) is 2.42. The van der Waals surface area contributed by atoms with E-state index in [1.807, 2.05) is 6.92 Å². The van der Waals surface area contributed by atoms with Crippen LogP contribution < -0.4 is 5.73 Å². The molecule has 0 amide bonds. The minimum atomic E-state index is -0.259. The number of thiazole rings is 1. The number of nitrogen functional groups attached to an aromatic ring is 1. The van der Waals surface area contributed by atoms with Gasteiger partial charge >= 0.3 is 0 Å². The molecule has 0 fully saturated rings. The minimum Gasteiger partial charge on any atom is -0.375 e. The van der Waals surface area contributed by atoms with Crippen LogP contribution in [0.1, 0.15) is 5.56 Å². The fraction of sp³-hybridized carbons (Fsp3) is 0.125. The van der Waals surface area contributed by atoms with Gasteiger partial charge in [0, 0.05) is 6.07 Å². The van der Waals surface area contributed by atoms with E-state index in [9.17, 15) is 4.39 Å². The summed E-state index contributed by atoms with van der Waals surface area (Å²) in [6.45, 7) is 1.85. The summed E-state index contributed by atoms with van der Waals surface area (Å²) in [6, 6.07) is 2.88. The Morgan fingerprint density at radius 3 is 3.00 bits per heavy atom. The van der Waals surface area contributed by atoms with Crippen molar-refractivity contribution in [1.29, 1.82) is 0 Å². The summed E-state index contributed by atoms with van der Waals surface area (Å²) in [4.78, 5) is 3.99. The lowest BCUT2D eigenvalue weighted by Gasteiger charge is -1.93. The molecule has 0 radical (unpaired) electrons. The zero-order chi connectivity index (χ0) is 8.72. The van der Waals surface area contributed by atoms with Crippen LogP contribution in [0.2, 0.25) is 0 Å². The molecule has 0 saturated carbocycles. The highest BCUT2D eigenvalue weighted by Crippen LogP contribution is 2.27. The van der Waals surface area contributed by atoms with Crippen LogP contribution in [-0.4, -0.2) is 4.98 Å². The first-order valence-electron chi connectivity index (χ1n) is 3.49. The number of aromatic nitrogens is 1. The highest BCUT2D eigenvalue weighted by Gasteiger charge is 2.05. The number of rotatable bonds is 0. The van der Waals surface area contributed by atoms with E-state index in [1.54, 1.807) is 0 Å². The quantitative estimate of drug-likeness (QED) is 0.679. The molecule has 0 aliphatic carbocycles. The first kappa shape index (κ1) is 7.49. The van der Waals surface area contributed by atoms with Gasteiger partial charge < -0.3 is 5.73 Å². The summed E-state index contributed by atoms with van der Waals surface area (Å²) in [7, 11) is 0. The zero-order valence-corrected chi connectivity index (χ0v) is 7.28. The normalized spacial score (nSPS) is 10.8. The van der Waals surface area contributed by atoms with Gasteiger partial charge in [0.15, 0.2) is 5.13 Å². The van der Waals surface area contributed by atoms with Crippen molar-refractivity contribution in [1.82, 2.24) is 4.98 Å². The van der Waals surface area contributed by atoms with Gasteiger partial charge in [0.25, 0.3) is 0 Å². The van der Waals surface area contributed by atoms with Crippen LogP contribution in [0.15, 0.2) is 12.1 Å². The number of hydrogen-bond donors (Lipinski definition) is 1. The van der Waals surface area contributed by atoms with Gasteiger partial charge in [0.1, 0.15) is 5.82 Å². The maximum Gasteiger partial charge on any atom is 0.181 e. The summed E-state index contributed by atoms with van der Waals surface area (Å²) in [6.07, 6.45) is 0. The van der Waals surface area contributed by atoms with Gasteiger partial charge in [0.2, 0.25) is 0 Å². The number of halogens is 1. The maximum absolute atomic E-state index is 12.8. The zero-order valence-electron chi connectivity index (χ0n) is 6.47. The topological polar surface area (TPSA) is 38.9 Å². The van der Waals surface area contributed by atoms with Crippen molar-refractivity contribution < 1.29 is 4.39 Å². The van der Waals surface area contributed by atoms with Crippen LogP contribution in [0.4, 0.5) is 9.52 Å². The smallest absolute Gasteiger partial charge is 0.181 e. The Morgan fingerprint density at radius 2 is 2.25 bits per heavy atom. The Balaban J connectivity index is 2.88. The van der Waals surface area contributed by atoms with Crippen molar-refractivity contribution in [3.8, 4) is 0 Å². The van der Waals surface area contributed by atoms with Crippen LogP contribution in [-0.2, 0) is 0 Å². The minimum absolute atomic E-state index is 0.259. The monoisotopic (exact) mass is 182 g/mol. The maximum atomic E-state index is 12.8. The third-order valence-corrected chi connectivity index (χ3v) is 2.69. The Hall–Kier alpha value is -1.16. The highest BCUT2D eigenvalue weighted by atomic mass is 32.1. The van der Waals surface area contributed by atoms with Gasteiger partial charge in [-0.2, -0.15) is 0 Å². The molecule has 62 valence electrons. The molecule has 2 rings (SSSR count). The lowest BCUT2D eigenvalue weighted by molar-refractivity contribution is 0.628. The summed E-state index contributed by atoms with van der Waals surface area (Å²) in [5, 5.41) is 0.485. The largest absolute Gasteiger partial charge is 0.375 e. The molecule has 1 aromatic carbocycles. The van der Waals surface area contributed by atoms with Crippen molar-refractivity contribution >= 4 is 26.7 Å². The first-order valence-corrected chi connectivity index (χ1v) is 4.30. The number of aryl methyl sites for hydroxylation is 1. The molecule has 0 aliphatic heterocycles. The van der Waals surface area contributed by atoms with E-state index in [0.717, 1.165) is 10.3 Å². The molecule has 2 nitrogen and oxygen atoms in total. The lowest BCUT2D eigenvalue weighted by atomic mass is 10.2. The van der Waals surface area contributed by atoms with Gasteiger partial charge in [-0.1, -0.05) is 11.3 Å². The molecule has 0 aliphatic rings. The van der Waals surface area contributed by atoms with E-state index in [-0.39, 0.29) is 5.82 Å². The third kappa shape index (κ3) is 1.04. The van der Waals surface area contributed by atoms with Gasteiger partial charge in [-0.25, -0.2) is 9.37 Å². The molecule has 12 heavy (non-hydrogen) atoms. The van der Waals surface area contributed by atoms with Gasteiger partial charge in [-0.05, 0) is 18.6 Å². The molecule has 0 unspecified atom stereocenters. The summed E-state index contributed by atoms with van der Waals surface area (Å²) >= 11 is 1.39. The molecular formula is C8H7FN2S. The van der Waals surface area contributed by atoms with Crippen LogP contribution in [0.25, 0.3) is 10.2 Å². The second-order valence-electron chi connectivity index (χ2n) is 2.62. The van der Waals surface area contributed by atoms with Crippen LogP contribution >= 0.6 is 11.3 Å². The van der Waals surface area contributed by atoms with Gasteiger partial charge in [-0.15, -0.1) is 0 Å². The van der Waals surface area contributed by atoms with Gasteiger partial charge in [-0.3, -0.25) is 0 Å². The number of hydrogen-bond acceptors (Lipinski definition) is 3. The molecule has 0 saturated heterocycles. The number of anilines is 1. The highest BCUT2D eigenvalue weighted by molar-refractivity contribution is 7.22. The molecule has 1 heterocycles. The molecule has 4 heteroatoms. The molecule has 0 spiro atoms. The molecule has 2 N–H and O–H groups in total. The molecule has 2 aromatic rings. The van der Waals surface area contributed by atoms with Gasteiger partial charge in [0.05, 0.1) is 10.2 Å². The number of nitrogens with two attached hydrogens (primary N) is 1. The Morgan fingerprint density at radius 1 is 1.50 bits per heavy atom. The van der Waals surface area contributed by atoms with E-state index in [0.29, 0.717) is 10.6 Å². The fourth-order valence-corrected chi connectivity index (χ4v) is 1.96. The molecule has 0 bridgehead atoms. The predicted octanol–water partition coefficient (Wildman–Crippen LogP) is 2.33. The number of nitrogens with zero attached hydrogens (tertiary/aromatic N) is 1. The predicted molar refractivity (Wildman–Crippen MR) is 48.7 cm³/mol. The van der Waals surface area contributed by atoms with E-state index >= 15 is 0 Å². The Labute approximate surface area is 72.8 Å². The van der Waals surface area contributed by atoms with E-state index in [1.165, 1.54) is 23.5 Å². The van der Waals surface area contributed by atoms with Crippen molar-refractivity contribution in [3.05, 3.63) is 23.5 Å². The van der Waals surface area contributed by atoms with Crippen molar-refractivity contribution in [2.24, 2.45) is 0 Å². The van der Waals surface area contributed by atoms with Crippen molar-refractivity contribution in [3.63, 3.8) is 0 Å². The summed E-state index contributed by atoms with van der Waals surface area (Å²) < 4.78 is 13.8. The fourth-order valence-electron chi connectivity index (χ4n) is 1.17. The first-order chi connectivity index (χ1) is 5.66. The third-order valence-electron chi connectivity index (χ3n) is 1.66. The molecule has 1 aromatic heterocycles. The van der Waals surface area contributed by atoms with Crippen molar-refractivity contribution in [2.45, 2.75) is 6.92 Å². The SMILES string of the molecule is Cc1cc(F)cc2nc(N)sc12. The summed E-state index contributed by atoms with van der Waals surface area (Å²) in [5.74, 6) is -0.259. The number of fused-ring (bicyclic) bond motifs is 1. The Kier molecular flexibility index (Phi) is 1.51. The van der Waals surface area contributed by atoms with Crippen molar-refractivity contribution in [2.75, 3.05) is 5.73 Å². The standard InChI is InChI=1S/C8H7FN2S/c1-4-2-5(9)3-6-7(4)12-8(10)11-6/h2-3H,1H3,(H2,10,11). The molecular weight excluding hydrogens is 175 g/mol. The van der Waals surface area contributed by atoms with E-state index in [2.05, 4.69) is 4.98 Å². The van der Waals surface area contributed by atoms with E-state index < -0.39 is 0 Å². The Bertz CT molecular complexity index is 436. The lowest BCUT2D eigenvalue weighted by Crippen LogP contribution is -1.80. The van der Waals surface area contributed by atoms with E-state index in [4.69, 9.17) is 5.73 Å². The molecule has 0 atom stereocenters. The van der Waals surface area contributed by atoms with Crippen LogP contribution in [0.3, 0.4) is 0 Å². The van der Waals surface area contributed by atoms with Crippen LogP contribution in [0, 0.1) is 12.7 Å². The summed E-state index contributed by atoms with van der Waals surface area (Å²) in [5.41, 5.74) is 7.03. The number of benzene rings is 1. The average molecular weight is 182 g/mol. The van der Waals surface area contributed by atoms with Crippen LogP contribution in [0.5, 0.6) is 0 Å².